The molecule has 0 aromatic heterocycles. The third kappa shape index (κ3) is 6.10. The minimum atomic E-state index is -0.561. The lowest BCUT2D eigenvalue weighted by molar-refractivity contribution is -0.137. The lowest BCUT2D eigenvalue weighted by atomic mass is 9.92. The maximum atomic E-state index is 13.1. The average Bonchev–Trinajstić information content (AvgIpc) is 2.96. The summed E-state index contributed by atoms with van der Waals surface area (Å²) in [6.45, 7) is 3.92. The number of aliphatic imine (C=N–C) groups is 1. The molecule has 0 radical (unpaired) electrons. The van der Waals surface area contributed by atoms with Gasteiger partial charge in [0.05, 0.1) is 18.5 Å². The molecule has 0 aliphatic carbocycles. The van der Waals surface area contributed by atoms with Crippen LogP contribution in [0.25, 0.3) is 17.0 Å². The molecule has 3 aromatic rings. The molecule has 0 saturated carbocycles. The second-order valence-electron chi connectivity index (χ2n) is 8.42. The van der Waals surface area contributed by atoms with E-state index in [0.29, 0.717) is 27.7 Å². The first-order valence-electron chi connectivity index (χ1n) is 12.3. The molecular weight excluding hydrogens is 512 g/mol. The highest BCUT2D eigenvalue weighted by Gasteiger charge is 2.35. The number of hydrazone groups is 1. The Morgan fingerprint density at radius 3 is 2.49 bits per heavy atom. The highest BCUT2D eigenvalue weighted by Crippen LogP contribution is 2.41. The molecule has 0 atom stereocenters. The Balaban J connectivity index is 1.83. The van der Waals surface area contributed by atoms with Crippen molar-refractivity contribution in [3.05, 3.63) is 118 Å². The van der Waals surface area contributed by atoms with Crippen molar-refractivity contribution in [1.82, 2.24) is 5.01 Å². The van der Waals surface area contributed by atoms with Gasteiger partial charge in [-0.15, -0.1) is 0 Å². The quantitative estimate of drug-likeness (QED) is 0.251. The number of rotatable bonds is 8. The molecule has 3 aromatic carbocycles. The van der Waals surface area contributed by atoms with E-state index < -0.39 is 5.97 Å². The van der Waals surface area contributed by atoms with Crippen LogP contribution in [0.4, 0.5) is 5.69 Å². The number of methoxy groups -OCH3 is 1. The smallest absolute Gasteiger partial charge is 0.360 e. The van der Waals surface area contributed by atoms with E-state index in [-0.39, 0.29) is 12.3 Å². The van der Waals surface area contributed by atoms with Gasteiger partial charge in [0.2, 0.25) is 0 Å². The summed E-state index contributed by atoms with van der Waals surface area (Å²) in [7, 11) is 1.34. The number of ether oxygens (including phenoxy) is 2. The Labute approximate surface area is 233 Å². The molecule has 1 aliphatic heterocycles. The van der Waals surface area contributed by atoms with Crippen LogP contribution in [0, 0.1) is 0 Å². The molecular formula is C31H29ClN4O3. The topological polar surface area (TPSA) is 89.5 Å². The van der Waals surface area contributed by atoms with Gasteiger partial charge >= 0.3 is 5.97 Å². The average molecular weight is 541 g/mol. The van der Waals surface area contributed by atoms with Crippen LogP contribution in [0.3, 0.4) is 0 Å². The summed E-state index contributed by atoms with van der Waals surface area (Å²) < 4.78 is 11.4. The van der Waals surface area contributed by atoms with Gasteiger partial charge in [-0.05, 0) is 55.3 Å². The van der Waals surface area contributed by atoms with E-state index in [1.165, 1.54) is 13.3 Å². The van der Waals surface area contributed by atoms with Crippen molar-refractivity contribution < 1.29 is 14.3 Å². The SMILES string of the molecule is C/C=N\N1C(C(=O)OC)=C(OCc2ccccc2)c2ccc(/C(C=Nc3cccc(Cl)c3)=C/N)cc2/C1=C\C. The van der Waals surface area contributed by atoms with Crippen LogP contribution < -0.4 is 5.73 Å². The molecule has 1 aliphatic rings. The third-order valence-electron chi connectivity index (χ3n) is 5.98. The molecule has 2 N–H and O–H groups in total. The molecule has 4 rings (SSSR count). The number of nitrogens with two attached hydrogens (primary N) is 1. The number of nitrogens with zero attached hydrogens (tertiary/aromatic N) is 3. The standard InChI is InChI=1S/C31H29ClN4O3/c1-4-28-27-16-22(23(18-33)19-34-25-13-9-12-24(32)17-25)14-15-26(27)30(39-20-21-10-7-6-8-11-21)29(31(37)38-3)36(28)35-5-2/h4-19H,20,33H2,1-3H3/b23-18+,28-4+,34-19?,35-5-. The summed E-state index contributed by atoms with van der Waals surface area (Å²) in [5.41, 5.74) is 11.6. The third-order valence-corrected chi connectivity index (χ3v) is 6.21. The normalized spacial score (nSPS) is 14.8. The number of halogens is 1. The minimum absolute atomic E-state index is 0.192. The zero-order valence-electron chi connectivity index (χ0n) is 22.0. The summed E-state index contributed by atoms with van der Waals surface area (Å²) in [6.07, 6.45) is 6.69. The van der Waals surface area contributed by atoms with Gasteiger partial charge in [0.25, 0.3) is 0 Å². The summed E-state index contributed by atoms with van der Waals surface area (Å²) in [6, 6.07) is 22.8. The fourth-order valence-corrected chi connectivity index (χ4v) is 4.36. The first-order valence-corrected chi connectivity index (χ1v) is 12.7. The molecule has 0 amide bonds. The zero-order valence-corrected chi connectivity index (χ0v) is 22.7. The summed E-state index contributed by atoms with van der Waals surface area (Å²) >= 11 is 6.10. The molecule has 39 heavy (non-hydrogen) atoms. The predicted molar refractivity (Wildman–Crippen MR) is 158 cm³/mol. The van der Waals surface area contributed by atoms with Crippen molar-refractivity contribution >= 4 is 52.7 Å². The van der Waals surface area contributed by atoms with E-state index in [0.717, 1.165) is 22.3 Å². The van der Waals surface area contributed by atoms with Crippen LogP contribution in [-0.2, 0) is 20.9 Å². The Kier molecular flexibility index (Phi) is 8.97. The van der Waals surface area contributed by atoms with Crippen molar-refractivity contribution in [2.45, 2.75) is 20.5 Å². The van der Waals surface area contributed by atoms with Gasteiger partial charge < -0.3 is 15.2 Å². The number of allylic oxidation sites excluding steroid dienone is 2. The second kappa shape index (κ2) is 12.8. The summed E-state index contributed by atoms with van der Waals surface area (Å²) in [5, 5.41) is 6.64. The number of fused-ring (bicyclic) bond motifs is 1. The van der Waals surface area contributed by atoms with Crippen LogP contribution in [-0.4, -0.2) is 30.5 Å². The lowest BCUT2D eigenvalue weighted by Gasteiger charge is -2.32. The molecule has 0 saturated heterocycles. The number of hydrogen-bond donors (Lipinski definition) is 1. The van der Waals surface area contributed by atoms with Crippen molar-refractivity contribution in [3.63, 3.8) is 0 Å². The first kappa shape index (κ1) is 27.4. The summed E-state index contributed by atoms with van der Waals surface area (Å²) in [4.78, 5) is 17.6. The lowest BCUT2D eigenvalue weighted by Crippen LogP contribution is -2.29. The molecule has 0 spiro atoms. The largest absolute Gasteiger partial charge is 0.486 e. The van der Waals surface area contributed by atoms with E-state index >= 15 is 0 Å². The van der Waals surface area contributed by atoms with E-state index in [1.807, 2.05) is 73.7 Å². The van der Waals surface area contributed by atoms with Gasteiger partial charge in [-0.2, -0.15) is 5.10 Å². The number of benzene rings is 3. The molecule has 198 valence electrons. The maximum absolute atomic E-state index is 13.1. The number of hydrogen-bond acceptors (Lipinski definition) is 7. The Morgan fingerprint density at radius 2 is 1.82 bits per heavy atom. The highest BCUT2D eigenvalue weighted by atomic mass is 35.5. The van der Waals surface area contributed by atoms with E-state index in [4.69, 9.17) is 26.8 Å². The number of carbonyl (C=O) groups is 1. The van der Waals surface area contributed by atoms with Gasteiger partial charge in [-0.3, -0.25) is 4.99 Å². The number of esters is 1. The Hall–Kier alpha value is -4.62. The van der Waals surface area contributed by atoms with Gasteiger partial charge in [0.15, 0.2) is 11.5 Å². The zero-order chi connectivity index (χ0) is 27.8. The number of carbonyl (C=O) groups excluding carboxylic acids is 1. The van der Waals surface area contributed by atoms with Gasteiger partial charge in [0, 0.05) is 40.4 Å². The van der Waals surface area contributed by atoms with Crippen molar-refractivity contribution in [2.24, 2.45) is 15.8 Å². The monoisotopic (exact) mass is 540 g/mol. The van der Waals surface area contributed by atoms with Crippen LogP contribution in [0.1, 0.15) is 36.1 Å². The van der Waals surface area contributed by atoms with Crippen LogP contribution in [0.15, 0.2) is 101 Å². The molecule has 8 heteroatoms. The van der Waals surface area contributed by atoms with Crippen molar-refractivity contribution in [2.75, 3.05) is 7.11 Å². The van der Waals surface area contributed by atoms with Gasteiger partial charge in [0.1, 0.15) is 6.61 Å². The minimum Gasteiger partial charge on any atom is -0.486 e. The van der Waals surface area contributed by atoms with Crippen molar-refractivity contribution in [3.8, 4) is 0 Å². The summed E-state index contributed by atoms with van der Waals surface area (Å²) in [5.74, 6) is -0.191. The molecule has 0 unspecified atom stereocenters. The van der Waals surface area contributed by atoms with Crippen molar-refractivity contribution in [1.29, 1.82) is 0 Å². The fraction of sp³-hybridized carbons (Fsp3) is 0.129. The van der Waals surface area contributed by atoms with Crippen LogP contribution in [0.2, 0.25) is 5.02 Å². The molecule has 0 bridgehead atoms. The van der Waals surface area contributed by atoms with E-state index in [9.17, 15) is 4.79 Å². The van der Waals surface area contributed by atoms with Crippen LogP contribution >= 0.6 is 11.6 Å². The maximum Gasteiger partial charge on any atom is 0.360 e. The van der Waals surface area contributed by atoms with E-state index in [2.05, 4.69) is 10.1 Å². The molecule has 1 heterocycles. The fourth-order valence-electron chi connectivity index (χ4n) is 4.17. The molecule has 7 nitrogen and oxygen atoms in total. The Bertz CT molecular complexity index is 1510. The first-order chi connectivity index (χ1) is 19.0. The van der Waals surface area contributed by atoms with Crippen LogP contribution in [0.5, 0.6) is 0 Å². The van der Waals surface area contributed by atoms with E-state index in [1.54, 1.807) is 36.5 Å². The predicted octanol–water partition coefficient (Wildman–Crippen LogP) is 6.78. The second-order valence-corrected chi connectivity index (χ2v) is 8.86. The molecule has 0 fully saturated rings. The Morgan fingerprint density at radius 1 is 1.03 bits per heavy atom. The van der Waals surface area contributed by atoms with Gasteiger partial charge in [-0.1, -0.05) is 60.1 Å². The highest BCUT2D eigenvalue weighted by molar-refractivity contribution is 6.30. The van der Waals surface area contributed by atoms with Gasteiger partial charge in [-0.25, -0.2) is 9.80 Å².